The molecule has 0 aromatic carbocycles. The molecule has 0 unspecified atom stereocenters. The van der Waals surface area contributed by atoms with Crippen molar-refractivity contribution in [3.05, 3.63) is 0 Å². The zero-order chi connectivity index (χ0) is 5.28. The number of hydrogen-bond acceptors (Lipinski definition) is 2. The first-order chi connectivity index (χ1) is 3.29. The first-order valence-electron chi connectivity index (χ1n) is 2.54. The molecule has 1 radical (unpaired) electrons. The summed E-state index contributed by atoms with van der Waals surface area (Å²) in [6.07, 6.45) is 0. The molecular formula is C4H11GeN2. The third kappa shape index (κ3) is 1.44. The molecule has 0 atom stereocenters. The number of hydrogen-bond donors (Lipinski definition) is 0. The molecular weight excluding hydrogens is 149 g/mol. The van der Waals surface area contributed by atoms with E-state index in [9.17, 15) is 0 Å². The van der Waals surface area contributed by atoms with Crippen molar-refractivity contribution in [3.63, 3.8) is 0 Å². The Labute approximate surface area is 51.4 Å². The average molecular weight is 160 g/mol. The molecule has 1 rings (SSSR count). The minimum absolute atomic E-state index is 0.0764. The van der Waals surface area contributed by atoms with E-state index in [4.69, 9.17) is 0 Å². The van der Waals surface area contributed by atoms with Crippen molar-refractivity contribution in [2.45, 2.75) is 0 Å². The van der Waals surface area contributed by atoms with Crippen molar-refractivity contribution in [1.29, 1.82) is 0 Å². The van der Waals surface area contributed by atoms with E-state index >= 15 is 0 Å². The van der Waals surface area contributed by atoms with E-state index < -0.39 is 0 Å². The maximum atomic E-state index is 2.46. The molecule has 2 nitrogen and oxygen atoms in total. The van der Waals surface area contributed by atoms with Crippen molar-refractivity contribution in [1.82, 2.24) is 7.71 Å². The van der Waals surface area contributed by atoms with Gasteiger partial charge in [0, 0.05) is 0 Å². The summed E-state index contributed by atoms with van der Waals surface area (Å²) in [4.78, 5) is 0. The molecule has 7 heavy (non-hydrogen) atoms. The van der Waals surface area contributed by atoms with Crippen LogP contribution in [0.25, 0.3) is 0 Å². The first-order valence-corrected chi connectivity index (χ1v) is 4.71. The summed E-state index contributed by atoms with van der Waals surface area (Å²) in [6, 6.07) is 0. The van der Waals surface area contributed by atoms with Crippen LogP contribution in [0, 0.1) is 0 Å². The van der Waals surface area contributed by atoms with Crippen LogP contribution in [0.15, 0.2) is 0 Å². The topological polar surface area (TPSA) is 6.48 Å². The van der Waals surface area contributed by atoms with E-state index in [1.165, 1.54) is 13.1 Å². The Bertz CT molecular complexity index is 58.7. The van der Waals surface area contributed by atoms with Gasteiger partial charge in [-0.25, -0.2) is 0 Å². The standard InChI is InChI=1S/C4H11GeN2/c1-6-3-4-7(2)5-6/h5H,3-4H2,1-2H3. The van der Waals surface area contributed by atoms with Crippen LogP contribution < -0.4 is 0 Å². The van der Waals surface area contributed by atoms with Crippen molar-refractivity contribution < 1.29 is 0 Å². The van der Waals surface area contributed by atoms with Gasteiger partial charge in [-0.2, -0.15) is 0 Å². The molecule has 0 aromatic heterocycles. The van der Waals surface area contributed by atoms with Crippen LogP contribution in [-0.4, -0.2) is 50.8 Å². The van der Waals surface area contributed by atoms with Crippen LogP contribution in [-0.2, 0) is 0 Å². The summed E-state index contributed by atoms with van der Waals surface area (Å²) < 4.78 is 4.92. The molecule has 3 heteroatoms. The van der Waals surface area contributed by atoms with Gasteiger partial charge < -0.3 is 0 Å². The zero-order valence-corrected chi connectivity index (χ0v) is 7.31. The number of nitrogens with zero attached hydrogens (tertiary/aromatic N) is 2. The SMILES string of the molecule is C[N]1CC[N](C)[GeH]1. The molecule has 0 spiro atoms. The fourth-order valence-electron chi connectivity index (χ4n) is 0.767. The predicted molar refractivity (Wildman–Crippen MR) is 32.4 cm³/mol. The number of rotatable bonds is 0. The molecule has 0 saturated carbocycles. The molecule has 0 amide bonds. The predicted octanol–water partition coefficient (Wildman–Crippen LogP) is -0.870. The van der Waals surface area contributed by atoms with Gasteiger partial charge in [0.05, 0.1) is 0 Å². The zero-order valence-electron chi connectivity index (χ0n) is 4.89. The van der Waals surface area contributed by atoms with E-state index in [2.05, 4.69) is 21.8 Å². The maximum absolute atomic E-state index is 2.46. The van der Waals surface area contributed by atoms with Gasteiger partial charge in [-0.05, 0) is 0 Å². The second-order valence-electron chi connectivity index (χ2n) is 2.08. The van der Waals surface area contributed by atoms with Crippen molar-refractivity contribution in [2.24, 2.45) is 0 Å². The van der Waals surface area contributed by atoms with E-state index in [0.717, 1.165) is 0 Å². The second kappa shape index (κ2) is 2.15. The fraction of sp³-hybridized carbons (Fsp3) is 1.00. The summed E-state index contributed by atoms with van der Waals surface area (Å²) in [7, 11) is 4.42. The van der Waals surface area contributed by atoms with Gasteiger partial charge in [0.1, 0.15) is 0 Å². The summed E-state index contributed by atoms with van der Waals surface area (Å²) in [5.41, 5.74) is 0. The van der Waals surface area contributed by atoms with Crippen LogP contribution in [0.5, 0.6) is 0 Å². The van der Waals surface area contributed by atoms with Crippen molar-refractivity contribution >= 4 is 15.9 Å². The van der Waals surface area contributed by atoms with Gasteiger partial charge in [0.15, 0.2) is 0 Å². The van der Waals surface area contributed by atoms with E-state index in [-0.39, 0.29) is 15.9 Å². The van der Waals surface area contributed by atoms with Gasteiger partial charge in [0.2, 0.25) is 0 Å². The van der Waals surface area contributed by atoms with Gasteiger partial charge in [-0.1, -0.05) is 0 Å². The Hall–Kier alpha value is 0.463. The quantitative estimate of drug-likeness (QED) is 0.425. The van der Waals surface area contributed by atoms with E-state index in [1.807, 2.05) is 0 Å². The minimum atomic E-state index is -0.0764. The van der Waals surface area contributed by atoms with Gasteiger partial charge in [0.25, 0.3) is 0 Å². The van der Waals surface area contributed by atoms with Gasteiger partial charge >= 0.3 is 50.8 Å². The van der Waals surface area contributed by atoms with E-state index in [1.54, 1.807) is 0 Å². The van der Waals surface area contributed by atoms with E-state index in [0.29, 0.717) is 0 Å². The molecule has 1 fully saturated rings. The Balaban J connectivity index is 2.26. The molecule has 1 aliphatic heterocycles. The van der Waals surface area contributed by atoms with Crippen LogP contribution in [0.2, 0.25) is 0 Å². The normalized spacial score (nSPS) is 26.6. The van der Waals surface area contributed by atoms with Gasteiger partial charge in [-0.3, -0.25) is 0 Å². The molecule has 1 saturated heterocycles. The summed E-state index contributed by atoms with van der Waals surface area (Å²) >= 11 is -0.0764. The molecule has 1 heterocycles. The number of likely N-dealkylation sites (N-methyl/N-ethyl adjacent to an activating group) is 2. The fourth-order valence-corrected chi connectivity index (χ4v) is 3.15. The monoisotopic (exact) mass is 161 g/mol. The molecule has 0 aromatic rings. The second-order valence-corrected chi connectivity index (χ2v) is 6.26. The first kappa shape index (κ1) is 5.60. The Kier molecular flexibility index (Phi) is 1.72. The van der Waals surface area contributed by atoms with Gasteiger partial charge in [-0.15, -0.1) is 0 Å². The van der Waals surface area contributed by atoms with Crippen molar-refractivity contribution in [2.75, 3.05) is 27.2 Å². The summed E-state index contributed by atoms with van der Waals surface area (Å²) in [5, 5.41) is 0. The Morgan fingerprint density at radius 2 is 1.57 bits per heavy atom. The van der Waals surface area contributed by atoms with Crippen LogP contribution in [0.1, 0.15) is 0 Å². The molecule has 0 bridgehead atoms. The molecule has 0 N–H and O–H groups in total. The van der Waals surface area contributed by atoms with Crippen LogP contribution >= 0.6 is 0 Å². The molecule has 1 aliphatic rings. The molecule has 0 aliphatic carbocycles. The Morgan fingerprint density at radius 3 is 1.71 bits per heavy atom. The third-order valence-electron chi connectivity index (χ3n) is 1.20. The third-order valence-corrected chi connectivity index (χ3v) is 3.94. The summed E-state index contributed by atoms with van der Waals surface area (Å²) in [5.74, 6) is 0. The Morgan fingerprint density at radius 1 is 1.14 bits per heavy atom. The summed E-state index contributed by atoms with van der Waals surface area (Å²) in [6.45, 7) is 2.60. The van der Waals surface area contributed by atoms with Crippen LogP contribution in [0.4, 0.5) is 0 Å². The van der Waals surface area contributed by atoms with Crippen LogP contribution in [0.3, 0.4) is 0 Å². The average Bonchev–Trinajstić information content (AvgIpc) is 1.87. The molecule has 41 valence electrons. The van der Waals surface area contributed by atoms with Crippen molar-refractivity contribution in [3.8, 4) is 0 Å².